The third kappa shape index (κ3) is 2.44. The maximum absolute atomic E-state index is 12.7. The first-order chi connectivity index (χ1) is 13.7. The van der Waals surface area contributed by atoms with Crippen molar-refractivity contribution in [3.8, 4) is 21.6 Å². The number of pyridine rings is 1. The number of benzene rings is 2. The van der Waals surface area contributed by atoms with Gasteiger partial charge in [-0.1, -0.05) is 54.6 Å². The summed E-state index contributed by atoms with van der Waals surface area (Å²) in [5.41, 5.74) is 7.40. The Hall–Kier alpha value is -3.17. The van der Waals surface area contributed by atoms with Crippen molar-refractivity contribution in [2.24, 2.45) is 0 Å². The molecule has 0 aliphatic carbocycles. The van der Waals surface area contributed by atoms with E-state index in [-0.39, 0.29) is 5.78 Å². The van der Waals surface area contributed by atoms with Gasteiger partial charge in [0.05, 0.1) is 11.0 Å². The van der Waals surface area contributed by atoms with Crippen molar-refractivity contribution in [1.82, 2.24) is 4.40 Å². The van der Waals surface area contributed by atoms with E-state index in [9.17, 15) is 4.79 Å². The minimum atomic E-state index is 0.104. The van der Waals surface area contributed by atoms with Crippen molar-refractivity contribution in [2.45, 2.75) is 13.8 Å². The van der Waals surface area contributed by atoms with Crippen LogP contribution in [-0.4, -0.2) is 10.2 Å². The Kier molecular flexibility index (Phi) is 3.92. The lowest BCUT2D eigenvalue weighted by Crippen LogP contribution is -1.97. The van der Waals surface area contributed by atoms with Crippen molar-refractivity contribution in [2.75, 3.05) is 0 Å². The molecule has 2 aromatic carbocycles. The van der Waals surface area contributed by atoms with Crippen LogP contribution in [0.2, 0.25) is 0 Å². The van der Waals surface area contributed by atoms with Crippen LogP contribution in [0, 0.1) is 6.92 Å². The molecule has 0 amide bonds. The van der Waals surface area contributed by atoms with Gasteiger partial charge in [0.1, 0.15) is 0 Å². The Morgan fingerprint density at radius 1 is 0.929 bits per heavy atom. The fourth-order valence-corrected chi connectivity index (χ4v) is 4.99. The summed E-state index contributed by atoms with van der Waals surface area (Å²) >= 11 is 1.68. The zero-order valence-corrected chi connectivity index (χ0v) is 16.6. The second-order valence-electron chi connectivity index (χ2n) is 7.04. The average molecular weight is 382 g/mol. The third-order valence-corrected chi connectivity index (χ3v) is 6.23. The number of aryl methyl sites for hydroxylation is 1. The second-order valence-corrected chi connectivity index (χ2v) is 7.98. The van der Waals surface area contributed by atoms with Gasteiger partial charge in [-0.15, -0.1) is 11.3 Å². The SMILES string of the molecule is CC(=O)c1c(-c2cccs2)c2c(-c3ccccc3)cc3ccccc3n2c1C. The number of hydrogen-bond donors (Lipinski definition) is 0. The molecule has 5 rings (SSSR count). The van der Waals surface area contributed by atoms with Crippen LogP contribution < -0.4 is 0 Å². The number of aromatic nitrogens is 1. The quantitative estimate of drug-likeness (QED) is 0.308. The molecule has 3 aromatic heterocycles. The summed E-state index contributed by atoms with van der Waals surface area (Å²) in [6.07, 6.45) is 0. The molecular weight excluding hydrogens is 362 g/mol. The van der Waals surface area contributed by atoms with Crippen LogP contribution in [0.5, 0.6) is 0 Å². The Bertz CT molecular complexity index is 1330. The molecule has 0 saturated heterocycles. The summed E-state index contributed by atoms with van der Waals surface area (Å²) in [7, 11) is 0. The molecule has 0 saturated carbocycles. The zero-order chi connectivity index (χ0) is 19.3. The minimum absolute atomic E-state index is 0.104. The van der Waals surface area contributed by atoms with E-state index < -0.39 is 0 Å². The topological polar surface area (TPSA) is 21.5 Å². The molecule has 3 heteroatoms. The van der Waals surface area contributed by atoms with Crippen LogP contribution in [0.15, 0.2) is 78.2 Å². The molecule has 28 heavy (non-hydrogen) atoms. The number of para-hydroxylation sites is 1. The molecule has 0 fully saturated rings. The molecule has 0 spiro atoms. The monoisotopic (exact) mass is 381 g/mol. The number of thiophene rings is 1. The lowest BCUT2D eigenvalue weighted by atomic mass is 9.98. The van der Waals surface area contributed by atoms with E-state index in [1.54, 1.807) is 18.3 Å². The fourth-order valence-electron chi connectivity index (χ4n) is 4.21. The first-order valence-electron chi connectivity index (χ1n) is 9.34. The van der Waals surface area contributed by atoms with Gasteiger partial charge in [-0.3, -0.25) is 4.79 Å². The largest absolute Gasteiger partial charge is 0.312 e. The van der Waals surface area contributed by atoms with Gasteiger partial charge in [-0.25, -0.2) is 0 Å². The molecule has 0 aliphatic heterocycles. The molecule has 2 nitrogen and oxygen atoms in total. The molecule has 5 aromatic rings. The van der Waals surface area contributed by atoms with E-state index in [2.05, 4.69) is 77.4 Å². The van der Waals surface area contributed by atoms with Crippen LogP contribution in [0.4, 0.5) is 0 Å². The number of fused-ring (bicyclic) bond motifs is 3. The number of carbonyl (C=O) groups is 1. The predicted octanol–water partition coefficient (Wildman–Crippen LogP) is 7.00. The highest BCUT2D eigenvalue weighted by Gasteiger charge is 2.24. The van der Waals surface area contributed by atoms with Gasteiger partial charge in [0.25, 0.3) is 0 Å². The normalized spacial score (nSPS) is 11.4. The highest BCUT2D eigenvalue weighted by atomic mass is 32.1. The average Bonchev–Trinajstić information content (AvgIpc) is 3.34. The molecule has 0 N–H and O–H groups in total. The molecule has 0 unspecified atom stereocenters. The van der Waals surface area contributed by atoms with Crippen molar-refractivity contribution in [1.29, 1.82) is 0 Å². The molecule has 0 bridgehead atoms. The van der Waals surface area contributed by atoms with Crippen molar-refractivity contribution in [3.63, 3.8) is 0 Å². The predicted molar refractivity (Wildman–Crippen MR) is 118 cm³/mol. The molecule has 0 aliphatic rings. The molecule has 0 radical (unpaired) electrons. The van der Waals surface area contributed by atoms with Crippen molar-refractivity contribution >= 4 is 33.5 Å². The Morgan fingerprint density at radius 3 is 2.39 bits per heavy atom. The van der Waals surface area contributed by atoms with Crippen LogP contribution in [-0.2, 0) is 0 Å². The molecule has 0 atom stereocenters. The summed E-state index contributed by atoms with van der Waals surface area (Å²) < 4.78 is 2.27. The first kappa shape index (κ1) is 17.0. The minimum Gasteiger partial charge on any atom is -0.312 e. The van der Waals surface area contributed by atoms with Crippen LogP contribution >= 0.6 is 11.3 Å². The standard InChI is InChI=1S/C25H19NOS/c1-16-23(17(2)27)24(22-13-8-14-28-22)25-20(18-9-4-3-5-10-18)15-19-11-6-7-12-21(19)26(16)25/h3-15H,1-2H3. The van der Waals surface area contributed by atoms with E-state index in [0.29, 0.717) is 0 Å². The van der Waals surface area contributed by atoms with Gasteiger partial charge >= 0.3 is 0 Å². The lowest BCUT2D eigenvalue weighted by molar-refractivity contribution is 0.101. The Balaban J connectivity index is 2.07. The van der Waals surface area contributed by atoms with E-state index in [1.165, 1.54) is 5.39 Å². The number of nitrogens with zero attached hydrogens (tertiary/aromatic N) is 1. The van der Waals surface area contributed by atoms with E-state index in [1.807, 2.05) is 12.1 Å². The summed E-state index contributed by atoms with van der Waals surface area (Å²) in [4.78, 5) is 13.9. The van der Waals surface area contributed by atoms with Crippen LogP contribution in [0.1, 0.15) is 23.0 Å². The summed E-state index contributed by atoms with van der Waals surface area (Å²) in [5, 5.41) is 3.24. The highest BCUT2D eigenvalue weighted by molar-refractivity contribution is 7.13. The van der Waals surface area contributed by atoms with Crippen LogP contribution in [0.25, 0.3) is 38.0 Å². The zero-order valence-electron chi connectivity index (χ0n) is 15.8. The van der Waals surface area contributed by atoms with Crippen LogP contribution in [0.3, 0.4) is 0 Å². The molecular formula is C25H19NOS. The van der Waals surface area contributed by atoms with Crippen molar-refractivity contribution in [3.05, 3.63) is 89.4 Å². The number of rotatable bonds is 3. The van der Waals surface area contributed by atoms with Gasteiger partial charge in [0.15, 0.2) is 5.78 Å². The molecule has 3 heterocycles. The number of hydrogen-bond acceptors (Lipinski definition) is 2. The van der Waals surface area contributed by atoms with E-state index >= 15 is 0 Å². The first-order valence-corrected chi connectivity index (χ1v) is 10.2. The van der Waals surface area contributed by atoms with Gasteiger partial charge in [0, 0.05) is 27.3 Å². The second kappa shape index (κ2) is 6.47. The number of ketones is 1. The number of Topliss-reactive ketones (excluding diaryl/α,β-unsaturated/α-hetero) is 1. The number of carbonyl (C=O) groups excluding carboxylic acids is 1. The van der Waals surface area contributed by atoms with Gasteiger partial charge in [-0.05, 0) is 48.4 Å². The van der Waals surface area contributed by atoms with Gasteiger partial charge in [0.2, 0.25) is 0 Å². The van der Waals surface area contributed by atoms with E-state index in [4.69, 9.17) is 0 Å². The summed E-state index contributed by atoms with van der Waals surface area (Å²) in [6, 6.07) is 25.2. The van der Waals surface area contributed by atoms with Gasteiger partial charge in [-0.2, -0.15) is 0 Å². The molecule has 136 valence electrons. The smallest absolute Gasteiger partial charge is 0.162 e. The summed E-state index contributed by atoms with van der Waals surface area (Å²) in [5.74, 6) is 0.104. The maximum atomic E-state index is 12.7. The van der Waals surface area contributed by atoms with Gasteiger partial charge < -0.3 is 4.40 Å². The van der Waals surface area contributed by atoms with Crippen molar-refractivity contribution < 1.29 is 4.79 Å². The third-order valence-electron chi connectivity index (χ3n) is 5.34. The highest BCUT2D eigenvalue weighted by Crippen LogP contribution is 2.42. The van der Waals surface area contributed by atoms with E-state index in [0.717, 1.165) is 43.9 Å². The Labute approximate surface area is 167 Å². The Morgan fingerprint density at radius 2 is 1.68 bits per heavy atom. The summed E-state index contributed by atoms with van der Waals surface area (Å²) in [6.45, 7) is 3.73. The fraction of sp³-hybridized carbons (Fsp3) is 0.0800. The lowest BCUT2D eigenvalue weighted by Gasteiger charge is -2.12. The maximum Gasteiger partial charge on any atom is 0.162 e.